The van der Waals surface area contributed by atoms with Gasteiger partial charge in [0, 0.05) is 12.5 Å². The average molecular weight is 357 g/mol. The second-order valence-electron chi connectivity index (χ2n) is 5.99. The highest BCUT2D eigenvalue weighted by atomic mass is 32.1. The molecule has 1 amide bonds. The molecule has 0 spiro atoms. The number of likely N-dealkylation sites (tertiary alicyclic amines) is 1. The van der Waals surface area contributed by atoms with Gasteiger partial charge in [0.2, 0.25) is 5.91 Å². The molecule has 1 aliphatic rings. The Labute approximate surface area is 141 Å². The van der Waals surface area contributed by atoms with Crippen molar-refractivity contribution in [3.63, 3.8) is 0 Å². The van der Waals surface area contributed by atoms with E-state index in [4.69, 9.17) is 0 Å². The van der Waals surface area contributed by atoms with E-state index in [-0.39, 0.29) is 12.5 Å². The second kappa shape index (κ2) is 7.06. The highest BCUT2D eigenvalue weighted by molar-refractivity contribution is 7.18. The van der Waals surface area contributed by atoms with Crippen molar-refractivity contribution in [2.75, 3.05) is 26.2 Å². The van der Waals surface area contributed by atoms with Crippen molar-refractivity contribution in [2.24, 2.45) is 0 Å². The number of hydrogen-bond donors (Lipinski definition) is 1. The molecule has 130 valence electrons. The van der Waals surface area contributed by atoms with E-state index in [2.05, 4.69) is 4.98 Å². The normalized spacial score (nSPS) is 19.5. The fourth-order valence-corrected chi connectivity index (χ4v) is 4.02. The van der Waals surface area contributed by atoms with Gasteiger partial charge in [-0.1, -0.05) is 12.1 Å². The Bertz CT molecular complexity index is 683. The van der Waals surface area contributed by atoms with Crippen LogP contribution in [-0.2, 0) is 4.79 Å². The van der Waals surface area contributed by atoms with Crippen molar-refractivity contribution in [3.8, 4) is 0 Å². The molecule has 2 heterocycles. The minimum Gasteiger partial charge on any atom is -0.346 e. The van der Waals surface area contributed by atoms with Crippen molar-refractivity contribution in [1.82, 2.24) is 15.2 Å². The van der Waals surface area contributed by atoms with Crippen LogP contribution in [0.3, 0.4) is 0 Å². The number of benzene rings is 1. The molecule has 0 saturated carbocycles. The van der Waals surface area contributed by atoms with Crippen LogP contribution in [-0.4, -0.2) is 48.1 Å². The van der Waals surface area contributed by atoms with Gasteiger partial charge in [-0.3, -0.25) is 9.69 Å². The van der Waals surface area contributed by atoms with Crippen LogP contribution in [0, 0.1) is 0 Å². The summed E-state index contributed by atoms with van der Waals surface area (Å²) in [7, 11) is 0. The van der Waals surface area contributed by atoms with Crippen molar-refractivity contribution in [2.45, 2.75) is 24.9 Å². The summed E-state index contributed by atoms with van der Waals surface area (Å²) in [5.41, 5.74) is 0.970. The van der Waals surface area contributed by atoms with E-state index < -0.39 is 18.6 Å². The summed E-state index contributed by atoms with van der Waals surface area (Å²) < 4.78 is 37.6. The molecule has 4 nitrogen and oxygen atoms in total. The number of rotatable bonds is 4. The lowest BCUT2D eigenvalue weighted by molar-refractivity contribution is -0.139. The third-order valence-electron chi connectivity index (χ3n) is 4.02. The lowest BCUT2D eigenvalue weighted by atomic mass is 9.99. The second-order valence-corrected chi connectivity index (χ2v) is 7.05. The van der Waals surface area contributed by atoms with E-state index in [1.54, 1.807) is 11.3 Å². The van der Waals surface area contributed by atoms with Gasteiger partial charge in [-0.25, -0.2) is 4.98 Å². The zero-order valence-corrected chi connectivity index (χ0v) is 13.8. The Hall–Kier alpha value is -1.67. The van der Waals surface area contributed by atoms with Crippen LogP contribution < -0.4 is 5.32 Å². The molecule has 1 fully saturated rings. The number of carbonyl (C=O) groups is 1. The van der Waals surface area contributed by atoms with Gasteiger partial charge in [0.15, 0.2) is 0 Å². The van der Waals surface area contributed by atoms with E-state index in [0.29, 0.717) is 6.54 Å². The molecular weight excluding hydrogens is 339 g/mol. The standard InChI is InChI=1S/C16H18F3N3OS/c17-16(18,19)10-20-14(23)9-22-7-3-4-11(8-22)15-21-12-5-1-2-6-13(12)24-15/h1-2,5-6,11H,3-4,7-10H2,(H,20,23)/t11-/m0/s1. The summed E-state index contributed by atoms with van der Waals surface area (Å²) >= 11 is 1.65. The number of para-hydroxylation sites is 1. The van der Waals surface area contributed by atoms with Crippen molar-refractivity contribution in [3.05, 3.63) is 29.3 Å². The van der Waals surface area contributed by atoms with Crippen LogP contribution in [0.4, 0.5) is 13.2 Å². The third kappa shape index (κ3) is 4.45. The maximum Gasteiger partial charge on any atom is 0.405 e. The van der Waals surface area contributed by atoms with Crippen molar-refractivity contribution in [1.29, 1.82) is 0 Å². The minimum absolute atomic E-state index is 0.00250. The van der Waals surface area contributed by atoms with E-state index in [0.717, 1.165) is 34.6 Å². The molecule has 1 saturated heterocycles. The van der Waals surface area contributed by atoms with Crippen molar-refractivity contribution >= 4 is 27.5 Å². The van der Waals surface area contributed by atoms with Gasteiger partial charge in [0.1, 0.15) is 6.54 Å². The Balaban J connectivity index is 1.59. The van der Waals surface area contributed by atoms with Gasteiger partial charge in [-0.2, -0.15) is 13.2 Å². The third-order valence-corrected chi connectivity index (χ3v) is 5.22. The fraction of sp³-hybridized carbons (Fsp3) is 0.500. The molecule has 1 aromatic carbocycles. The molecule has 24 heavy (non-hydrogen) atoms. The van der Waals surface area contributed by atoms with Crippen LogP contribution in [0.1, 0.15) is 23.8 Å². The Kier molecular flexibility index (Phi) is 5.05. The molecule has 0 radical (unpaired) electrons. The number of nitrogens with one attached hydrogen (secondary N) is 1. The van der Waals surface area contributed by atoms with E-state index >= 15 is 0 Å². The zero-order valence-electron chi connectivity index (χ0n) is 13.0. The molecule has 1 atom stereocenters. The van der Waals surface area contributed by atoms with Crippen LogP contribution in [0.5, 0.6) is 0 Å². The number of hydrogen-bond acceptors (Lipinski definition) is 4. The maximum absolute atomic E-state index is 12.1. The first-order valence-electron chi connectivity index (χ1n) is 7.82. The highest BCUT2D eigenvalue weighted by Gasteiger charge is 2.29. The van der Waals surface area contributed by atoms with E-state index in [9.17, 15) is 18.0 Å². The molecule has 1 aromatic heterocycles. The smallest absolute Gasteiger partial charge is 0.346 e. The van der Waals surface area contributed by atoms with Crippen molar-refractivity contribution < 1.29 is 18.0 Å². The number of piperidine rings is 1. The quantitative estimate of drug-likeness (QED) is 0.914. The highest BCUT2D eigenvalue weighted by Crippen LogP contribution is 2.32. The molecule has 0 unspecified atom stereocenters. The van der Waals surface area contributed by atoms with Crippen LogP contribution in [0.2, 0.25) is 0 Å². The molecule has 1 N–H and O–H groups in total. The summed E-state index contributed by atoms with van der Waals surface area (Å²) in [5.74, 6) is -0.358. The molecule has 1 aliphatic heterocycles. The number of halogens is 3. The minimum atomic E-state index is -4.37. The lowest BCUT2D eigenvalue weighted by Crippen LogP contribution is -2.44. The van der Waals surface area contributed by atoms with Crippen LogP contribution in [0.25, 0.3) is 10.2 Å². The molecule has 3 rings (SSSR count). The van der Waals surface area contributed by atoms with Crippen LogP contribution >= 0.6 is 11.3 Å². The Morgan fingerprint density at radius 3 is 2.92 bits per heavy atom. The summed E-state index contributed by atoms with van der Waals surface area (Å²) in [5, 5.41) is 2.97. The molecular formula is C16H18F3N3OS. The largest absolute Gasteiger partial charge is 0.405 e. The van der Waals surface area contributed by atoms with Gasteiger partial charge in [-0.05, 0) is 31.5 Å². The zero-order chi connectivity index (χ0) is 17.2. The predicted molar refractivity (Wildman–Crippen MR) is 87.1 cm³/mol. The number of alkyl halides is 3. The number of thiazole rings is 1. The number of aromatic nitrogens is 1. The first-order chi connectivity index (χ1) is 11.4. The summed E-state index contributed by atoms with van der Waals surface area (Å²) in [6.07, 6.45) is -2.48. The number of carbonyl (C=O) groups excluding carboxylic acids is 1. The number of nitrogens with zero attached hydrogens (tertiary/aromatic N) is 2. The lowest BCUT2D eigenvalue weighted by Gasteiger charge is -2.31. The van der Waals surface area contributed by atoms with Gasteiger partial charge >= 0.3 is 6.18 Å². The van der Waals surface area contributed by atoms with Gasteiger partial charge in [0.05, 0.1) is 21.8 Å². The first-order valence-corrected chi connectivity index (χ1v) is 8.63. The monoisotopic (exact) mass is 357 g/mol. The average Bonchev–Trinajstić information content (AvgIpc) is 2.97. The summed E-state index contributed by atoms with van der Waals surface area (Å²) in [4.78, 5) is 18.2. The topological polar surface area (TPSA) is 45.2 Å². The summed E-state index contributed by atoms with van der Waals surface area (Å²) in [6.45, 7) is 0.0958. The van der Waals surface area contributed by atoms with Gasteiger partial charge in [0.25, 0.3) is 0 Å². The predicted octanol–water partition coefficient (Wildman–Crippen LogP) is 3.15. The van der Waals surface area contributed by atoms with E-state index in [1.807, 2.05) is 34.5 Å². The number of fused-ring (bicyclic) bond motifs is 1. The molecule has 0 aliphatic carbocycles. The molecule has 2 aromatic rings. The fourth-order valence-electron chi connectivity index (χ4n) is 2.92. The summed E-state index contributed by atoms with van der Waals surface area (Å²) in [6, 6.07) is 7.93. The Morgan fingerprint density at radius 2 is 2.17 bits per heavy atom. The Morgan fingerprint density at radius 1 is 1.38 bits per heavy atom. The van der Waals surface area contributed by atoms with E-state index in [1.165, 1.54) is 0 Å². The van der Waals surface area contributed by atoms with Gasteiger partial charge < -0.3 is 5.32 Å². The SMILES string of the molecule is O=C(CN1CCC[C@H](c2nc3ccccc3s2)C1)NCC(F)(F)F. The molecule has 0 bridgehead atoms. The first kappa shape index (κ1) is 17.2. The van der Waals surface area contributed by atoms with Gasteiger partial charge in [-0.15, -0.1) is 11.3 Å². The number of amides is 1. The maximum atomic E-state index is 12.1. The molecule has 8 heteroatoms. The van der Waals surface area contributed by atoms with Crippen LogP contribution in [0.15, 0.2) is 24.3 Å².